The van der Waals surface area contributed by atoms with E-state index in [2.05, 4.69) is 28.1 Å². The Morgan fingerprint density at radius 1 is 1.14 bits per heavy atom. The number of halogens is 3. The number of nitriles is 1. The lowest BCUT2D eigenvalue weighted by molar-refractivity contribution is -0.137. The number of ether oxygens (including phenoxy) is 1. The number of hydrogen-bond acceptors (Lipinski definition) is 5. The van der Waals surface area contributed by atoms with Gasteiger partial charge in [-0.15, -0.1) is 5.10 Å². The molecular weight excluding hydrogens is 457 g/mol. The number of rotatable bonds is 2. The Kier molecular flexibility index (Phi) is 5.74. The van der Waals surface area contributed by atoms with E-state index in [9.17, 15) is 23.5 Å². The number of aryl methyl sites for hydroxylation is 1. The van der Waals surface area contributed by atoms with Crippen molar-refractivity contribution in [3.8, 4) is 29.5 Å². The van der Waals surface area contributed by atoms with Gasteiger partial charge in [-0.2, -0.15) is 18.4 Å². The molecule has 0 saturated carbocycles. The minimum Gasteiger partial charge on any atom is -0.508 e. The number of nitrogens with one attached hydrogen (secondary N) is 1. The summed E-state index contributed by atoms with van der Waals surface area (Å²) in [5.41, 5.74) is 5.49. The van der Waals surface area contributed by atoms with Crippen molar-refractivity contribution in [3.05, 3.63) is 87.4 Å². The molecule has 2 aromatic carbocycles. The van der Waals surface area contributed by atoms with E-state index in [0.29, 0.717) is 16.8 Å². The second-order valence-electron chi connectivity index (χ2n) is 8.54. The van der Waals surface area contributed by atoms with Crippen LogP contribution in [-0.4, -0.2) is 15.3 Å². The summed E-state index contributed by atoms with van der Waals surface area (Å²) in [5.74, 6) is 5.03. The van der Waals surface area contributed by atoms with Gasteiger partial charge in [-0.05, 0) is 54.8 Å². The highest BCUT2D eigenvalue weighted by molar-refractivity contribution is 5.63. The van der Waals surface area contributed by atoms with Crippen LogP contribution in [0.25, 0.3) is 0 Å². The van der Waals surface area contributed by atoms with Gasteiger partial charge in [-0.1, -0.05) is 31.8 Å². The summed E-state index contributed by atoms with van der Waals surface area (Å²) in [6.45, 7) is 5.30. The summed E-state index contributed by atoms with van der Waals surface area (Å²) in [7, 11) is 0. The molecule has 1 aromatic heterocycles. The van der Waals surface area contributed by atoms with Gasteiger partial charge in [-0.25, -0.2) is 0 Å². The second kappa shape index (κ2) is 8.44. The van der Waals surface area contributed by atoms with Crippen LogP contribution in [0, 0.1) is 36.0 Å². The highest BCUT2D eigenvalue weighted by atomic mass is 19.4. The first-order valence-electron chi connectivity index (χ1n) is 10.7. The van der Waals surface area contributed by atoms with E-state index in [0.717, 1.165) is 12.1 Å². The average Bonchev–Trinajstić information content (AvgIpc) is 3.16. The topological polar surface area (TPSA) is 108 Å². The molecule has 0 bridgehead atoms. The number of benzene rings is 2. The van der Waals surface area contributed by atoms with Crippen LogP contribution in [0.4, 0.5) is 13.2 Å². The van der Waals surface area contributed by atoms with Crippen molar-refractivity contribution in [1.82, 2.24) is 10.2 Å². The molecule has 9 heteroatoms. The quantitative estimate of drug-likeness (QED) is 0.456. The first kappa shape index (κ1) is 23.8. The summed E-state index contributed by atoms with van der Waals surface area (Å²) in [4.78, 5) is 0. The average molecular weight is 478 g/mol. The van der Waals surface area contributed by atoms with Crippen molar-refractivity contribution in [1.29, 1.82) is 5.26 Å². The molecule has 1 unspecified atom stereocenters. The number of aromatic amines is 1. The number of phenolic OH excluding ortho intramolecular Hbond substituents is 1. The zero-order chi connectivity index (χ0) is 25.5. The second-order valence-corrected chi connectivity index (χ2v) is 8.54. The Morgan fingerprint density at radius 2 is 1.86 bits per heavy atom. The number of allylic oxidation sites excluding steroid dienone is 1. The van der Waals surface area contributed by atoms with Crippen molar-refractivity contribution < 1.29 is 23.0 Å². The van der Waals surface area contributed by atoms with Crippen molar-refractivity contribution in [3.63, 3.8) is 0 Å². The summed E-state index contributed by atoms with van der Waals surface area (Å²) in [6, 6.07) is 11.7. The van der Waals surface area contributed by atoms with E-state index in [1.807, 2.05) is 0 Å². The molecule has 35 heavy (non-hydrogen) atoms. The maximum absolute atomic E-state index is 14.0. The van der Waals surface area contributed by atoms with E-state index >= 15 is 0 Å². The molecule has 1 aliphatic heterocycles. The predicted molar refractivity (Wildman–Crippen MR) is 122 cm³/mol. The Bertz CT molecular complexity index is 1450. The monoisotopic (exact) mass is 478 g/mol. The van der Waals surface area contributed by atoms with Gasteiger partial charge < -0.3 is 15.6 Å². The van der Waals surface area contributed by atoms with Gasteiger partial charge in [0.2, 0.25) is 11.8 Å². The van der Waals surface area contributed by atoms with E-state index in [-0.39, 0.29) is 34.2 Å². The lowest BCUT2D eigenvalue weighted by atomic mass is 9.61. The number of nitrogens with two attached hydrogens (primary N) is 1. The number of H-pyrrole nitrogens is 1. The van der Waals surface area contributed by atoms with Crippen molar-refractivity contribution in [2.45, 2.75) is 32.4 Å². The fourth-order valence-corrected chi connectivity index (χ4v) is 4.58. The number of hydrogen-bond donors (Lipinski definition) is 3. The molecule has 0 radical (unpaired) electrons. The third-order valence-electron chi connectivity index (χ3n) is 6.05. The van der Waals surface area contributed by atoms with Crippen molar-refractivity contribution in [2.75, 3.05) is 0 Å². The van der Waals surface area contributed by atoms with E-state index in [4.69, 9.17) is 10.5 Å². The summed E-state index contributed by atoms with van der Waals surface area (Å²) < 4.78 is 47.6. The molecule has 0 spiro atoms. The number of nitrogens with zero attached hydrogens (tertiary/aromatic N) is 2. The molecule has 1 atom stereocenters. The fourth-order valence-electron chi connectivity index (χ4n) is 4.58. The summed E-state index contributed by atoms with van der Waals surface area (Å²) >= 11 is 0. The molecule has 4 rings (SSSR count). The van der Waals surface area contributed by atoms with Crippen LogP contribution in [0.15, 0.2) is 53.9 Å². The molecule has 0 amide bonds. The predicted octanol–water partition coefficient (Wildman–Crippen LogP) is 4.87. The number of aromatic hydroxyl groups is 1. The van der Waals surface area contributed by atoms with E-state index in [1.54, 1.807) is 32.9 Å². The number of alkyl halides is 3. The largest absolute Gasteiger partial charge is 0.508 e. The first-order valence-corrected chi connectivity index (χ1v) is 10.7. The van der Waals surface area contributed by atoms with E-state index in [1.165, 1.54) is 18.2 Å². The molecule has 2 heterocycles. The lowest BCUT2D eigenvalue weighted by Crippen LogP contribution is -2.41. The summed E-state index contributed by atoms with van der Waals surface area (Å²) in [6.07, 6.45) is -4.67. The Labute approximate surface area is 199 Å². The lowest BCUT2D eigenvalue weighted by Gasteiger charge is -2.41. The van der Waals surface area contributed by atoms with Gasteiger partial charge in [0.05, 0.1) is 16.5 Å². The highest BCUT2D eigenvalue weighted by Gasteiger charge is 2.51. The van der Waals surface area contributed by atoms with Gasteiger partial charge in [-0.3, -0.25) is 5.10 Å². The van der Waals surface area contributed by atoms with Gasteiger partial charge in [0.25, 0.3) is 0 Å². The zero-order valence-electron chi connectivity index (χ0n) is 19.1. The summed E-state index contributed by atoms with van der Waals surface area (Å²) in [5, 5.41) is 26.6. The zero-order valence-corrected chi connectivity index (χ0v) is 19.1. The molecule has 3 aromatic rings. The van der Waals surface area contributed by atoms with Crippen LogP contribution in [0.5, 0.6) is 11.6 Å². The maximum atomic E-state index is 14.0. The SMILES string of the molecule is Cc1[nH]nc2c1C(c1cc(C#Cc3cccc(O)c3)cc(C(F)(F)F)c1)(C(C)C)C(C#N)=C(N)O2. The van der Waals surface area contributed by atoms with Crippen LogP contribution in [-0.2, 0) is 11.6 Å². The van der Waals surface area contributed by atoms with Crippen LogP contribution in [0.1, 0.15) is 47.4 Å². The number of aromatic nitrogens is 2. The molecule has 178 valence electrons. The Morgan fingerprint density at radius 3 is 2.49 bits per heavy atom. The van der Waals surface area contributed by atoms with Crippen LogP contribution >= 0.6 is 0 Å². The molecule has 0 saturated heterocycles. The van der Waals surface area contributed by atoms with Crippen molar-refractivity contribution in [2.24, 2.45) is 11.7 Å². The van der Waals surface area contributed by atoms with E-state index < -0.39 is 23.1 Å². The molecule has 0 fully saturated rings. The van der Waals surface area contributed by atoms with Gasteiger partial charge >= 0.3 is 6.18 Å². The smallest absolute Gasteiger partial charge is 0.416 e. The molecular formula is C26H21F3N4O2. The van der Waals surface area contributed by atoms with Gasteiger partial charge in [0.1, 0.15) is 17.4 Å². The molecule has 1 aliphatic rings. The minimum atomic E-state index is -4.67. The Balaban J connectivity index is 2.05. The van der Waals surface area contributed by atoms with Crippen LogP contribution < -0.4 is 10.5 Å². The van der Waals surface area contributed by atoms with Gasteiger partial charge in [0.15, 0.2) is 0 Å². The number of phenols is 1. The van der Waals surface area contributed by atoms with Crippen LogP contribution in [0.2, 0.25) is 0 Å². The number of fused-ring (bicyclic) bond motifs is 1. The standard InChI is InChI=1S/C26H21F3N4O2/c1-14(2)25(21(13-30)23(31)35-24-22(25)15(3)32-33-24)18-9-17(10-19(12-18)26(27,28)29)8-7-16-5-4-6-20(34)11-16/h4-6,9-12,14,34H,31H2,1-3H3,(H,32,33). The van der Waals surface area contributed by atoms with Gasteiger partial charge in [0, 0.05) is 16.8 Å². The maximum Gasteiger partial charge on any atom is 0.416 e. The molecule has 4 N–H and O–H groups in total. The Hall–Kier alpha value is -4.37. The highest BCUT2D eigenvalue weighted by Crippen LogP contribution is 2.53. The molecule has 0 aliphatic carbocycles. The third-order valence-corrected chi connectivity index (χ3v) is 6.05. The molecule has 6 nitrogen and oxygen atoms in total. The van der Waals surface area contributed by atoms with Crippen LogP contribution in [0.3, 0.4) is 0 Å². The van der Waals surface area contributed by atoms with Crippen molar-refractivity contribution >= 4 is 0 Å². The minimum absolute atomic E-state index is 0.00397. The fraction of sp³-hybridized carbons (Fsp3) is 0.231. The normalized spacial score (nSPS) is 17.3. The first-order chi connectivity index (χ1) is 16.5. The third kappa shape index (κ3) is 3.95.